The molecular formula is C23H33NO4. The largest absolute Gasteiger partial charge is 0.491 e. The first-order valence-electron chi connectivity index (χ1n) is 10.3. The van der Waals surface area contributed by atoms with Crippen LogP contribution in [0.1, 0.15) is 64.4 Å². The molecule has 1 saturated carbocycles. The van der Waals surface area contributed by atoms with Crippen molar-refractivity contribution >= 4 is 18.0 Å². The van der Waals surface area contributed by atoms with Crippen LogP contribution in [0.3, 0.4) is 0 Å². The van der Waals surface area contributed by atoms with Gasteiger partial charge in [0.05, 0.1) is 19.6 Å². The zero-order valence-electron chi connectivity index (χ0n) is 17.4. The van der Waals surface area contributed by atoms with E-state index >= 15 is 0 Å². The predicted octanol–water partition coefficient (Wildman–Crippen LogP) is 4.60. The van der Waals surface area contributed by atoms with Crippen molar-refractivity contribution in [3.63, 3.8) is 0 Å². The number of esters is 1. The summed E-state index contributed by atoms with van der Waals surface area (Å²) in [7, 11) is 1.38. The van der Waals surface area contributed by atoms with Gasteiger partial charge >= 0.3 is 5.97 Å². The van der Waals surface area contributed by atoms with Gasteiger partial charge in [0.15, 0.2) is 0 Å². The van der Waals surface area contributed by atoms with Crippen LogP contribution in [0.2, 0.25) is 0 Å². The maximum Gasteiger partial charge on any atom is 0.307 e. The number of nitrogens with zero attached hydrogens (tertiary/aromatic N) is 1. The SMILES string of the molecule is COC(=O)CCN(C(=O)/C=C/c1cccc(OC(C)C)c1)C1CCCCCC1. The van der Waals surface area contributed by atoms with Crippen molar-refractivity contribution in [2.75, 3.05) is 13.7 Å². The Morgan fingerprint density at radius 2 is 1.89 bits per heavy atom. The van der Waals surface area contributed by atoms with Crippen molar-refractivity contribution in [3.8, 4) is 5.75 Å². The fraction of sp³-hybridized carbons (Fsp3) is 0.565. The van der Waals surface area contributed by atoms with Crippen molar-refractivity contribution in [3.05, 3.63) is 35.9 Å². The number of ether oxygens (including phenoxy) is 2. The van der Waals surface area contributed by atoms with E-state index in [1.807, 2.05) is 49.1 Å². The van der Waals surface area contributed by atoms with Gasteiger partial charge in [0.1, 0.15) is 5.75 Å². The van der Waals surface area contributed by atoms with E-state index < -0.39 is 0 Å². The average molecular weight is 388 g/mol. The Kier molecular flexibility index (Phi) is 9.05. The normalized spacial score (nSPS) is 15.4. The Morgan fingerprint density at radius 1 is 1.18 bits per heavy atom. The molecule has 0 aromatic heterocycles. The van der Waals surface area contributed by atoms with Gasteiger partial charge < -0.3 is 14.4 Å². The van der Waals surface area contributed by atoms with Gasteiger partial charge in [0.2, 0.25) is 5.91 Å². The highest BCUT2D eigenvalue weighted by molar-refractivity contribution is 5.92. The average Bonchev–Trinajstić information content (AvgIpc) is 2.95. The lowest BCUT2D eigenvalue weighted by atomic mass is 10.1. The van der Waals surface area contributed by atoms with Gasteiger partial charge in [-0.25, -0.2) is 0 Å². The van der Waals surface area contributed by atoms with Crippen LogP contribution < -0.4 is 4.74 Å². The number of benzene rings is 1. The number of hydrogen-bond acceptors (Lipinski definition) is 4. The van der Waals surface area contributed by atoms with Gasteiger partial charge in [-0.05, 0) is 50.5 Å². The standard InChI is InChI=1S/C23H33NO4/c1-18(2)28-21-12-8-9-19(17-21)13-14-22(25)24(16-15-23(26)27-3)20-10-6-4-5-7-11-20/h8-9,12-14,17-18,20H,4-7,10-11,15-16H2,1-3H3/b14-13+. The van der Waals surface area contributed by atoms with Crippen LogP contribution in [0.5, 0.6) is 5.75 Å². The quantitative estimate of drug-likeness (QED) is 0.372. The molecular weight excluding hydrogens is 354 g/mol. The van der Waals surface area contributed by atoms with Gasteiger partial charge in [0.25, 0.3) is 0 Å². The highest BCUT2D eigenvalue weighted by Gasteiger charge is 2.24. The van der Waals surface area contributed by atoms with Crippen molar-refractivity contribution in [2.24, 2.45) is 0 Å². The zero-order chi connectivity index (χ0) is 20.4. The molecule has 0 bridgehead atoms. The molecule has 5 heteroatoms. The summed E-state index contributed by atoms with van der Waals surface area (Å²) in [6.45, 7) is 4.37. The van der Waals surface area contributed by atoms with Gasteiger partial charge in [-0.3, -0.25) is 9.59 Å². The maximum atomic E-state index is 12.9. The number of methoxy groups -OCH3 is 1. The summed E-state index contributed by atoms with van der Waals surface area (Å²) in [6.07, 6.45) is 10.4. The third-order valence-electron chi connectivity index (χ3n) is 4.98. The molecule has 0 heterocycles. The third kappa shape index (κ3) is 7.37. The zero-order valence-corrected chi connectivity index (χ0v) is 17.4. The topological polar surface area (TPSA) is 55.8 Å². The number of rotatable bonds is 8. The first-order chi connectivity index (χ1) is 13.5. The Balaban J connectivity index is 2.09. The van der Waals surface area contributed by atoms with Crippen molar-refractivity contribution in [1.82, 2.24) is 4.90 Å². The van der Waals surface area contributed by atoms with Crippen molar-refractivity contribution < 1.29 is 19.1 Å². The van der Waals surface area contributed by atoms with Crippen LogP contribution >= 0.6 is 0 Å². The van der Waals surface area contributed by atoms with Crippen LogP contribution in [-0.4, -0.2) is 42.6 Å². The molecule has 0 saturated heterocycles. The van der Waals surface area contributed by atoms with Crippen molar-refractivity contribution in [1.29, 1.82) is 0 Å². The Labute approximate surface area is 168 Å². The van der Waals surface area contributed by atoms with Crippen molar-refractivity contribution in [2.45, 2.75) is 70.9 Å². The smallest absolute Gasteiger partial charge is 0.307 e. The van der Waals surface area contributed by atoms with Gasteiger partial charge in [-0.15, -0.1) is 0 Å². The summed E-state index contributed by atoms with van der Waals surface area (Å²) in [5.74, 6) is 0.454. The summed E-state index contributed by atoms with van der Waals surface area (Å²) in [5, 5.41) is 0. The van der Waals surface area contributed by atoms with Crippen LogP contribution in [-0.2, 0) is 14.3 Å². The summed E-state index contributed by atoms with van der Waals surface area (Å²) < 4.78 is 10.5. The second-order valence-corrected chi connectivity index (χ2v) is 7.58. The first kappa shape index (κ1) is 22.0. The van der Waals surface area contributed by atoms with E-state index in [4.69, 9.17) is 9.47 Å². The molecule has 0 unspecified atom stereocenters. The summed E-state index contributed by atoms with van der Waals surface area (Å²) in [5.41, 5.74) is 0.917. The molecule has 28 heavy (non-hydrogen) atoms. The number of amides is 1. The second-order valence-electron chi connectivity index (χ2n) is 7.58. The molecule has 1 aromatic rings. The summed E-state index contributed by atoms with van der Waals surface area (Å²) in [6, 6.07) is 7.89. The highest BCUT2D eigenvalue weighted by Crippen LogP contribution is 2.23. The van der Waals surface area contributed by atoms with E-state index in [1.165, 1.54) is 20.0 Å². The van der Waals surface area contributed by atoms with Crippen LogP contribution in [0, 0.1) is 0 Å². The lowest BCUT2D eigenvalue weighted by Gasteiger charge is -2.30. The van der Waals surface area contributed by atoms with E-state index in [0.717, 1.165) is 37.0 Å². The number of carbonyl (C=O) groups excluding carboxylic acids is 2. The predicted molar refractivity (Wildman–Crippen MR) is 111 cm³/mol. The minimum absolute atomic E-state index is 0.0500. The molecule has 1 aliphatic rings. The van der Waals surface area contributed by atoms with Gasteiger partial charge in [0, 0.05) is 18.7 Å². The fourth-order valence-corrected chi connectivity index (χ4v) is 3.58. The fourth-order valence-electron chi connectivity index (χ4n) is 3.58. The van der Waals surface area contributed by atoms with Gasteiger partial charge in [-0.1, -0.05) is 37.8 Å². The highest BCUT2D eigenvalue weighted by atomic mass is 16.5. The molecule has 0 N–H and O–H groups in total. The lowest BCUT2D eigenvalue weighted by Crippen LogP contribution is -2.40. The third-order valence-corrected chi connectivity index (χ3v) is 4.98. The second kappa shape index (κ2) is 11.5. The van der Waals surface area contributed by atoms with Gasteiger partial charge in [-0.2, -0.15) is 0 Å². The molecule has 0 atom stereocenters. The Morgan fingerprint density at radius 3 is 2.54 bits per heavy atom. The summed E-state index contributed by atoms with van der Waals surface area (Å²) >= 11 is 0. The molecule has 1 fully saturated rings. The molecule has 0 spiro atoms. The molecule has 154 valence electrons. The molecule has 2 rings (SSSR count). The molecule has 1 aromatic carbocycles. The molecule has 1 aliphatic carbocycles. The molecule has 5 nitrogen and oxygen atoms in total. The Hall–Kier alpha value is -2.30. The maximum absolute atomic E-state index is 12.9. The molecule has 1 amide bonds. The van der Waals surface area contributed by atoms with Crippen LogP contribution in [0.25, 0.3) is 6.08 Å². The van der Waals surface area contributed by atoms with E-state index in [-0.39, 0.29) is 30.4 Å². The number of hydrogen-bond donors (Lipinski definition) is 0. The summed E-state index contributed by atoms with van der Waals surface area (Å²) in [4.78, 5) is 26.4. The first-order valence-corrected chi connectivity index (χ1v) is 10.3. The van der Waals surface area contributed by atoms with Crippen LogP contribution in [0.4, 0.5) is 0 Å². The number of carbonyl (C=O) groups is 2. The molecule has 0 aliphatic heterocycles. The lowest BCUT2D eigenvalue weighted by molar-refractivity contribution is -0.141. The minimum Gasteiger partial charge on any atom is -0.491 e. The molecule has 0 radical (unpaired) electrons. The Bertz CT molecular complexity index is 660. The van der Waals surface area contributed by atoms with Crippen LogP contribution in [0.15, 0.2) is 30.3 Å². The van der Waals surface area contributed by atoms with E-state index in [2.05, 4.69) is 0 Å². The monoisotopic (exact) mass is 387 g/mol. The van der Waals surface area contributed by atoms with E-state index in [9.17, 15) is 9.59 Å². The van der Waals surface area contributed by atoms with E-state index in [1.54, 1.807) is 6.08 Å². The minimum atomic E-state index is -0.283. The van der Waals surface area contributed by atoms with E-state index in [0.29, 0.717) is 6.54 Å².